The van der Waals surface area contributed by atoms with Crippen LogP contribution in [0.25, 0.3) is 0 Å². The van der Waals surface area contributed by atoms with E-state index in [0.717, 1.165) is 31.6 Å². The van der Waals surface area contributed by atoms with Gasteiger partial charge in [-0.25, -0.2) is 4.98 Å². The summed E-state index contributed by atoms with van der Waals surface area (Å²) in [7, 11) is 0. The lowest BCUT2D eigenvalue weighted by molar-refractivity contribution is -0.385. The van der Waals surface area contributed by atoms with Gasteiger partial charge in [0.15, 0.2) is 0 Å². The molecular weight excluding hydrogens is 268 g/mol. The third-order valence-electron chi connectivity index (χ3n) is 4.07. The molecule has 0 N–H and O–H groups in total. The predicted molar refractivity (Wildman–Crippen MR) is 80.4 cm³/mol. The van der Waals surface area contributed by atoms with E-state index in [-0.39, 0.29) is 10.6 Å². The molecule has 1 aromatic heterocycles. The van der Waals surface area contributed by atoms with Crippen molar-refractivity contribution in [1.82, 2.24) is 9.55 Å². The molecule has 3 rings (SSSR count). The molecule has 1 aliphatic heterocycles. The van der Waals surface area contributed by atoms with Gasteiger partial charge in [0.25, 0.3) is 5.69 Å². The summed E-state index contributed by atoms with van der Waals surface area (Å²) >= 11 is 0. The molecule has 0 radical (unpaired) electrons. The first-order chi connectivity index (χ1) is 10.1. The Morgan fingerprint density at radius 3 is 3.00 bits per heavy atom. The lowest BCUT2D eigenvalue weighted by atomic mass is 10.1. The number of hydrogen-bond donors (Lipinski definition) is 0. The summed E-state index contributed by atoms with van der Waals surface area (Å²) in [5.41, 5.74) is 1.97. The zero-order valence-electron chi connectivity index (χ0n) is 12.0. The van der Waals surface area contributed by atoms with E-state index in [2.05, 4.69) is 14.5 Å². The first-order valence-electron chi connectivity index (χ1n) is 7.12. The van der Waals surface area contributed by atoms with Crippen molar-refractivity contribution in [1.29, 1.82) is 0 Å². The molecule has 1 unspecified atom stereocenters. The molecule has 0 saturated carbocycles. The van der Waals surface area contributed by atoms with Crippen LogP contribution in [0.4, 0.5) is 11.4 Å². The predicted octanol–water partition coefficient (Wildman–Crippen LogP) is 2.77. The summed E-state index contributed by atoms with van der Waals surface area (Å²) < 4.78 is 2.08. The molecule has 1 saturated heterocycles. The Kier molecular flexibility index (Phi) is 3.60. The van der Waals surface area contributed by atoms with Gasteiger partial charge in [-0.3, -0.25) is 10.1 Å². The Balaban J connectivity index is 1.81. The molecule has 110 valence electrons. The molecule has 0 spiro atoms. The van der Waals surface area contributed by atoms with Crippen molar-refractivity contribution < 1.29 is 4.92 Å². The van der Waals surface area contributed by atoms with Crippen molar-refractivity contribution in [3.8, 4) is 0 Å². The smallest absolute Gasteiger partial charge is 0.272 e. The van der Waals surface area contributed by atoms with Gasteiger partial charge in [0.1, 0.15) is 0 Å². The average Bonchev–Trinajstić information content (AvgIpc) is 3.10. The molecule has 1 atom stereocenters. The first kappa shape index (κ1) is 13.6. The molecule has 0 bridgehead atoms. The van der Waals surface area contributed by atoms with Gasteiger partial charge in [-0.05, 0) is 31.9 Å². The maximum Gasteiger partial charge on any atom is 0.272 e. The van der Waals surface area contributed by atoms with Crippen molar-refractivity contribution in [3.63, 3.8) is 0 Å². The summed E-state index contributed by atoms with van der Waals surface area (Å²) in [6.07, 6.45) is 7.87. The highest BCUT2D eigenvalue weighted by molar-refractivity contribution is 5.56. The summed E-state index contributed by atoms with van der Waals surface area (Å²) in [5, 5.41) is 10.9. The van der Waals surface area contributed by atoms with E-state index in [4.69, 9.17) is 0 Å². The van der Waals surface area contributed by atoms with Crippen LogP contribution in [-0.4, -0.2) is 27.1 Å². The number of benzene rings is 1. The average molecular weight is 286 g/mol. The van der Waals surface area contributed by atoms with E-state index < -0.39 is 0 Å². The molecule has 1 aromatic carbocycles. The monoisotopic (exact) mass is 286 g/mol. The van der Waals surface area contributed by atoms with Crippen LogP contribution >= 0.6 is 0 Å². The molecular formula is C15H18N4O2. The van der Waals surface area contributed by atoms with E-state index in [9.17, 15) is 10.1 Å². The standard InChI is InChI=1S/C15H18N4O2/c1-12-9-13(4-5-15(12)19(20)21)18-7-2-3-14(18)10-17-8-6-16-11-17/h4-6,8-9,11,14H,2-3,7,10H2,1H3. The van der Waals surface area contributed by atoms with E-state index in [1.165, 1.54) is 0 Å². The number of aryl methyl sites for hydroxylation is 1. The van der Waals surface area contributed by atoms with Crippen molar-refractivity contribution in [2.75, 3.05) is 11.4 Å². The van der Waals surface area contributed by atoms with Crippen LogP contribution in [-0.2, 0) is 6.54 Å². The van der Waals surface area contributed by atoms with Gasteiger partial charge < -0.3 is 9.47 Å². The molecule has 0 aliphatic carbocycles. The number of imidazole rings is 1. The summed E-state index contributed by atoms with van der Waals surface area (Å²) in [4.78, 5) is 17.0. The molecule has 2 aromatic rings. The van der Waals surface area contributed by atoms with E-state index in [0.29, 0.717) is 11.6 Å². The number of anilines is 1. The van der Waals surface area contributed by atoms with Crippen LogP contribution in [0.1, 0.15) is 18.4 Å². The second-order valence-electron chi connectivity index (χ2n) is 5.48. The highest BCUT2D eigenvalue weighted by Gasteiger charge is 2.26. The SMILES string of the molecule is Cc1cc(N2CCCC2Cn2ccnc2)ccc1[N+](=O)[O-]. The van der Waals surface area contributed by atoms with Gasteiger partial charge in [0.2, 0.25) is 0 Å². The largest absolute Gasteiger partial charge is 0.367 e. The van der Waals surface area contributed by atoms with E-state index >= 15 is 0 Å². The zero-order valence-corrected chi connectivity index (χ0v) is 12.0. The molecule has 1 aliphatic rings. The first-order valence-corrected chi connectivity index (χ1v) is 7.12. The highest BCUT2D eigenvalue weighted by Crippen LogP contribution is 2.30. The Hall–Kier alpha value is -2.37. The van der Waals surface area contributed by atoms with Gasteiger partial charge >= 0.3 is 0 Å². The molecule has 21 heavy (non-hydrogen) atoms. The zero-order chi connectivity index (χ0) is 14.8. The topological polar surface area (TPSA) is 64.2 Å². The summed E-state index contributed by atoms with van der Waals surface area (Å²) in [6, 6.07) is 5.80. The number of nitro benzene ring substituents is 1. The minimum atomic E-state index is -0.327. The van der Waals surface area contributed by atoms with Gasteiger partial charge in [-0.2, -0.15) is 0 Å². The van der Waals surface area contributed by atoms with Crippen LogP contribution in [0.15, 0.2) is 36.9 Å². The van der Waals surface area contributed by atoms with Gasteiger partial charge in [0.05, 0.1) is 11.3 Å². The fourth-order valence-electron chi connectivity index (χ4n) is 3.03. The Morgan fingerprint density at radius 2 is 2.33 bits per heavy atom. The fraction of sp³-hybridized carbons (Fsp3) is 0.400. The minimum Gasteiger partial charge on any atom is -0.367 e. The van der Waals surface area contributed by atoms with Crippen LogP contribution in [0.5, 0.6) is 0 Å². The van der Waals surface area contributed by atoms with Crippen LogP contribution in [0, 0.1) is 17.0 Å². The number of nitro groups is 1. The number of aromatic nitrogens is 2. The quantitative estimate of drug-likeness (QED) is 0.640. The third-order valence-corrected chi connectivity index (χ3v) is 4.07. The van der Waals surface area contributed by atoms with Crippen LogP contribution in [0.2, 0.25) is 0 Å². The van der Waals surface area contributed by atoms with Crippen molar-refractivity contribution in [2.45, 2.75) is 32.4 Å². The Morgan fingerprint density at radius 1 is 1.48 bits per heavy atom. The molecule has 0 amide bonds. The molecule has 1 fully saturated rings. The van der Waals surface area contributed by atoms with E-state index in [1.54, 1.807) is 19.2 Å². The maximum absolute atomic E-state index is 10.9. The second-order valence-corrected chi connectivity index (χ2v) is 5.48. The van der Waals surface area contributed by atoms with Gasteiger partial charge in [-0.1, -0.05) is 0 Å². The van der Waals surface area contributed by atoms with E-state index in [1.807, 2.05) is 24.7 Å². The molecule has 2 heterocycles. The summed E-state index contributed by atoms with van der Waals surface area (Å²) in [5.74, 6) is 0. The van der Waals surface area contributed by atoms with Gasteiger partial charge in [0, 0.05) is 48.8 Å². The van der Waals surface area contributed by atoms with Crippen LogP contribution < -0.4 is 4.90 Å². The van der Waals surface area contributed by atoms with Crippen molar-refractivity contribution in [2.24, 2.45) is 0 Å². The fourth-order valence-corrected chi connectivity index (χ4v) is 3.03. The molecule has 6 heteroatoms. The normalized spacial score (nSPS) is 18.1. The Labute approximate surface area is 123 Å². The molecule has 6 nitrogen and oxygen atoms in total. The van der Waals surface area contributed by atoms with Crippen LogP contribution in [0.3, 0.4) is 0 Å². The number of rotatable bonds is 4. The van der Waals surface area contributed by atoms with Crippen molar-refractivity contribution >= 4 is 11.4 Å². The number of hydrogen-bond acceptors (Lipinski definition) is 4. The lowest BCUT2D eigenvalue weighted by Gasteiger charge is -2.27. The highest BCUT2D eigenvalue weighted by atomic mass is 16.6. The Bertz CT molecular complexity index is 639. The van der Waals surface area contributed by atoms with Crippen molar-refractivity contribution in [3.05, 3.63) is 52.6 Å². The summed E-state index contributed by atoms with van der Waals surface area (Å²) in [6.45, 7) is 3.69. The minimum absolute atomic E-state index is 0.184. The second kappa shape index (κ2) is 5.55. The van der Waals surface area contributed by atoms with Gasteiger partial charge in [-0.15, -0.1) is 0 Å². The lowest BCUT2D eigenvalue weighted by Crippen LogP contribution is -2.32. The third kappa shape index (κ3) is 2.74. The maximum atomic E-state index is 10.9. The number of nitrogens with zero attached hydrogens (tertiary/aromatic N) is 4.